The summed E-state index contributed by atoms with van der Waals surface area (Å²) in [6.45, 7) is 22.3. The molecule has 0 bridgehead atoms. The Balaban J connectivity index is 0.00000420. The lowest BCUT2D eigenvalue weighted by atomic mass is 10.1. The third-order valence-electron chi connectivity index (χ3n) is 7.10. The molecule has 0 spiro atoms. The fourth-order valence-electron chi connectivity index (χ4n) is 4.99. The summed E-state index contributed by atoms with van der Waals surface area (Å²) in [6, 6.07) is 3.61. The van der Waals surface area contributed by atoms with Crippen LogP contribution in [0.1, 0.15) is 46.6 Å². The van der Waals surface area contributed by atoms with Gasteiger partial charge in [0.2, 0.25) is 0 Å². The fraction of sp³-hybridized carbons (Fsp3) is 0.448. The molecule has 3 heterocycles. The number of halogens is 1. The largest absolute Gasteiger partial charge is 0.328 e. The van der Waals surface area contributed by atoms with Crippen molar-refractivity contribution in [2.24, 2.45) is 4.99 Å². The zero-order valence-corrected chi connectivity index (χ0v) is 23.4. The maximum absolute atomic E-state index is 15.1. The molecule has 0 amide bonds. The predicted molar refractivity (Wildman–Crippen MR) is 156 cm³/mol. The molecule has 2 aromatic heterocycles. The molecule has 1 saturated heterocycles. The van der Waals surface area contributed by atoms with Crippen LogP contribution in [0.5, 0.6) is 0 Å². The van der Waals surface area contributed by atoms with Crippen molar-refractivity contribution in [3.8, 4) is 11.3 Å². The summed E-state index contributed by atoms with van der Waals surface area (Å²) in [7, 11) is 0. The Hall–Kier alpha value is -3.43. The molecule has 0 radical (unpaired) electrons. The molecule has 0 saturated carbocycles. The van der Waals surface area contributed by atoms with Crippen LogP contribution in [0.2, 0.25) is 0 Å². The van der Waals surface area contributed by atoms with Gasteiger partial charge in [-0.1, -0.05) is 19.6 Å². The Morgan fingerprint density at radius 1 is 1.18 bits per heavy atom. The number of nitrogens with one attached hydrogen (secondary N) is 1. The van der Waals surface area contributed by atoms with E-state index in [1.807, 2.05) is 43.7 Å². The Bertz CT molecular complexity index is 1370. The van der Waals surface area contributed by atoms with Crippen molar-refractivity contribution in [2.45, 2.75) is 47.6 Å². The van der Waals surface area contributed by atoms with Crippen molar-refractivity contribution in [2.75, 3.05) is 44.6 Å². The minimum Gasteiger partial charge on any atom is -0.328 e. The number of hydrogen-bond acceptors (Lipinski definition) is 6. The molecule has 0 atom stereocenters. The van der Waals surface area contributed by atoms with Gasteiger partial charge < -0.3 is 14.8 Å². The van der Waals surface area contributed by atoms with Crippen molar-refractivity contribution in [1.29, 1.82) is 0 Å². The first-order valence-electron chi connectivity index (χ1n) is 13.3. The third kappa shape index (κ3) is 6.00. The van der Waals surface area contributed by atoms with E-state index in [1.54, 1.807) is 0 Å². The third-order valence-corrected chi connectivity index (χ3v) is 7.10. The van der Waals surface area contributed by atoms with Gasteiger partial charge >= 0.3 is 0 Å². The second kappa shape index (κ2) is 12.0. The molecule has 8 nitrogen and oxygen atoms in total. The van der Waals surface area contributed by atoms with Crippen LogP contribution in [0.25, 0.3) is 22.3 Å². The maximum Gasteiger partial charge on any atom is 0.151 e. The van der Waals surface area contributed by atoms with Crippen molar-refractivity contribution in [3.63, 3.8) is 0 Å². The lowest BCUT2D eigenvalue weighted by Crippen LogP contribution is -2.46. The molecular weight excluding hydrogens is 479 g/mol. The molecule has 1 aromatic carbocycles. The van der Waals surface area contributed by atoms with Gasteiger partial charge in [0, 0.05) is 57.5 Å². The molecule has 1 fully saturated rings. The summed E-state index contributed by atoms with van der Waals surface area (Å²) in [5, 5.41) is 3.29. The summed E-state index contributed by atoms with van der Waals surface area (Å²) in [5.74, 6) is 1.76. The number of hydrogen-bond donors (Lipinski definition) is 1. The first-order chi connectivity index (χ1) is 18.2. The van der Waals surface area contributed by atoms with E-state index in [1.165, 1.54) is 12.4 Å². The van der Waals surface area contributed by atoms with E-state index in [0.717, 1.165) is 61.7 Å². The summed E-state index contributed by atoms with van der Waals surface area (Å²) in [6.07, 6.45) is 5.22. The lowest BCUT2D eigenvalue weighted by Gasteiger charge is -2.34. The van der Waals surface area contributed by atoms with Crippen LogP contribution in [0.15, 0.2) is 47.9 Å². The maximum atomic E-state index is 15.1. The second-order valence-corrected chi connectivity index (χ2v) is 10.1. The first kappa shape index (κ1) is 27.6. The zero-order valence-electron chi connectivity index (χ0n) is 23.4. The first-order valence-corrected chi connectivity index (χ1v) is 13.3. The number of anilines is 1. The number of likely N-dealkylation sites (N-methyl/N-ethyl adjacent to an activating group) is 1. The van der Waals surface area contributed by atoms with Crippen LogP contribution in [0.4, 0.5) is 10.2 Å². The Morgan fingerprint density at radius 2 is 1.89 bits per heavy atom. The summed E-state index contributed by atoms with van der Waals surface area (Å²) >= 11 is 0. The van der Waals surface area contributed by atoms with Gasteiger partial charge in [-0.3, -0.25) is 4.90 Å². The molecule has 1 aliphatic rings. The topological polar surface area (TPSA) is 74.5 Å². The van der Waals surface area contributed by atoms with Crippen LogP contribution >= 0.6 is 0 Å². The minimum atomic E-state index is -0.358. The van der Waals surface area contributed by atoms with Crippen LogP contribution in [-0.4, -0.2) is 74.4 Å². The van der Waals surface area contributed by atoms with Crippen LogP contribution < -0.4 is 5.32 Å². The Labute approximate surface area is 226 Å². The number of nitrogens with zero attached hydrogens (tertiary/aromatic N) is 7. The molecule has 1 N–H and O–H groups in total. The Kier molecular flexibility index (Phi) is 8.69. The SMILES string of the molecule is C=C/C(=C\N=C(C)Nc1ncnc(-c2cc(F)c3nc(C)n(C(C)C)c3c2)c1C)CN1CCN(CC)CC1.[HH]. The van der Waals surface area contributed by atoms with E-state index < -0.39 is 0 Å². The van der Waals surface area contributed by atoms with E-state index in [4.69, 9.17) is 0 Å². The average Bonchev–Trinajstić information content (AvgIpc) is 3.24. The zero-order chi connectivity index (χ0) is 27.4. The highest BCUT2D eigenvalue weighted by Gasteiger charge is 2.18. The number of rotatable bonds is 8. The van der Waals surface area contributed by atoms with Crippen molar-refractivity contribution < 1.29 is 5.82 Å². The number of fused-ring (bicyclic) bond motifs is 1. The molecule has 0 unspecified atom stereocenters. The average molecular weight is 521 g/mol. The second-order valence-electron chi connectivity index (χ2n) is 10.1. The summed E-state index contributed by atoms with van der Waals surface area (Å²) < 4.78 is 17.1. The van der Waals surface area contributed by atoms with Gasteiger partial charge in [0.1, 0.15) is 29.3 Å². The number of benzene rings is 1. The standard InChI is InChI=1S/C29H39FN8.H2/c1-8-23(17-37-12-10-36(9-2)11-13-37)16-31-21(6)34-29-20(5)27(32-18-33-29)24-14-25(30)28-26(15-24)38(19(3)4)22(7)35-28;/h8,14-16,18-19H,1,9-13,17H2,2-7H3,(H,31,32,33,34);1H/b23-16+;. The van der Waals surface area contributed by atoms with Crippen LogP contribution in [-0.2, 0) is 0 Å². The molecule has 0 aliphatic carbocycles. The minimum absolute atomic E-state index is 0. The fourth-order valence-corrected chi connectivity index (χ4v) is 4.99. The molecule has 38 heavy (non-hydrogen) atoms. The highest BCUT2D eigenvalue weighted by molar-refractivity contribution is 5.94. The van der Waals surface area contributed by atoms with Crippen molar-refractivity contribution in [3.05, 3.63) is 60.1 Å². The number of piperazine rings is 1. The molecule has 9 heteroatoms. The lowest BCUT2D eigenvalue weighted by molar-refractivity contribution is 0.146. The van der Waals surface area contributed by atoms with Gasteiger partial charge in [-0.05, 0) is 58.9 Å². The van der Waals surface area contributed by atoms with Gasteiger partial charge in [0.15, 0.2) is 5.82 Å². The highest BCUT2D eigenvalue weighted by Crippen LogP contribution is 2.31. The van der Waals surface area contributed by atoms with Crippen molar-refractivity contribution in [1.82, 2.24) is 29.3 Å². The van der Waals surface area contributed by atoms with E-state index in [2.05, 4.69) is 62.4 Å². The van der Waals surface area contributed by atoms with E-state index in [-0.39, 0.29) is 13.3 Å². The molecule has 3 aromatic rings. The number of imidazole rings is 1. The number of aryl methyl sites for hydroxylation is 1. The van der Waals surface area contributed by atoms with E-state index in [0.29, 0.717) is 28.4 Å². The number of aliphatic imine (C=N–C) groups is 1. The van der Waals surface area contributed by atoms with Gasteiger partial charge in [0.05, 0.1) is 11.2 Å². The summed E-state index contributed by atoms with van der Waals surface area (Å²) in [5.41, 5.74) is 4.37. The van der Waals surface area contributed by atoms with Gasteiger partial charge in [0.25, 0.3) is 0 Å². The number of amidine groups is 1. The molecule has 1 aliphatic heterocycles. The van der Waals surface area contributed by atoms with Gasteiger partial charge in [-0.2, -0.15) is 0 Å². The Morgan fingerprint density at radius 3 is 2.55 bits per heavy atom. The van der Waals surface area contributed by atoms with Gasteiger partial charge in [-0.15, -0.1) is 0 Å². The van der Waals surface area contributed by atoms with Crippen LogP contribution in [0, 0.1) is 19.7 Å². The quantitative estimate of drug-likeness (QED) is 0.236. The predicted octanol–water partition coefficient (Wildman–Crippen LogP) is 5.61. The normalized spacial score (nSPS) is 16.0. The van der Waals surface area contributed by atoms with Crippen molar-refractivity contribution >= 4 is 22.7 Å². The van der Waals surface area contributed by atoms with E-state index in [9.17, 15) is 0 Å². The highest BCUT2D eigenvalue weighted by atomic mass is 19.1. The molecule has 4 rings (SSSR count). The summed E-state index contributed by atoms with van der Waals surface area (Å²) in [4.78, 5) is 22.9. The molecular formula is C29H41FN8. The van der Waals surface area contributed by atoms with E-state index >= 15 is 4.39 Å². The number of aromatic nitrogens is 4. The molecule has 204 valence electrons. The monoisotopic (exact) mass is 520 g/mol. The van der Waals surface area contributed by atoms with Gasteiger partial charge in [-0.25, -0.2) is 24.3 Å². The van der Waals surface area contributed by atoms with Crippen LogP contribution in [0.3, 0.4) is 0 Å². The smallest absolute Gasteiger partial charge is 0.151 e.